The molecule has 0 aromatic heterocycles. The molecule has 1 heterocycles. The third kappa shape index (κ3) is 3.87. The van der Waals surface area contributed by atoms with E-state index in [0.29, 0.717) is 5.88 Å². The molecule has 0 radical (unpaired) electrons. The number of piperidine rings is 1. The van der Waals surface area contributed by atoms with Gasteiger partial charge in [0, 0.05) is 25.2 Å². The van der Waals surface area contributed by atoms with E-state index in [4.69, 9.17) is 11.6 Å². The highest BCUT2D eigenvalue weighted by Crippen LogP contribution is 2.25. The van der Waals surface area contributed by atoms with E-state index in [9.17, 15) is 0 Å². The van der Waals surface area contributed by atoms with Crippen LogP contribution in [0.2, 0.25) is 0 Å². The highest BCUT2D eigenvalue weighted by Gasteiger charge is 2.19. The number of rotatable bonds is 4. The first kappa shape index (κ1) is 14.7. The van der Waals surface area contributed by atoms with Crippen LogP contribution in [0.25, 0.3) is 0 Å². The van der Waals surface area contributed by atoms with Crippen molar-refractivity contribution >= 4 is 17.3 Å². The van der Waals surface area contributed by atoms with Crippen molar-refractivity contribution in [2.24, 2.45) is 5.92 Å². The molecule has 1 aromatic rings. The molecule has 0 N–H and O–H groups in total. The summed E-state index contributed by atoms with van der Waals surface area (Å²) in [7, 11) is 4.41. The van der Waals surface area contributed by atoms with Crippen LogP contribution >= 0.6 is 11.6 Å². The van der Waals surface area contributed by atoms with Crippen molar-refractivity contribution in [1.82, 2.24) is 4.90 Å². The van der Waals surface area contributed by atoms with Gasteiger partial charge in [-0.2, -0.15) is 0 Å². The predicted molar refractivity (Wildman–Crippen MR) is 84.2 cm³/mol. The number of aryl methyl sites for hydroxylation is 1. The molecular weight excluding hydrogens is 256 g/mol. The quantitative estimate of drug-likeness (QED) is 0.779. The van der Waals surface area contributed by atoms with Crippen LogP contribution in [0.1, 0.15) is 24.0 Å². The molecule has 0 atom stereocenters. The Bertz CT molecular complexity index is 411. The van der Waals surface area contributed by atoms with Crippen LogP contribution in [-0.2, 0) is 5.88 Å². The molecule has 0 aliphatic carbocycles. The smallest absolute Gasteiger partial charge is 0.0494 e. The molecule has 0 bridgehead atoms. The van der Waals surface area contributed by atoms with Gasteiger partial charge in [0.05, 0.1) is 0 Å². The number of nitrogens with zero attached hydrogens (tertiary/aromatic N) is 2. The number of hydrogen-bond donors (Lipinski definition) is 0. The van der Waals surface area contributed by atoms with E-state index in [1.165, 1.54) is 42.7 Å². The Morgan fingerprint density at radius 2 is 2.00 bits per heavy atom. The Morgan fingerprint density at radius 1 is 1.32 bits per heavy atom. The Balaban J connectivity index is 2.01. The molecule has 1 aliphatic rings. The molecule has 0 saturated carbocycles. The van der Waals surface area contributed by atoms with Crippen LogP contribution < -0.4 is 4.90 Å². The largest absolute Gasteiger partial charge is 0.374 e. The molecular formula is C16H25ClN2. The standard InChI is InChI=1S/C16H25ClN2/c1-13-4-5-16(15(10-13)11-17)19(3)12-14-6-8-18(2)9-7-14/h4-5,10,14H,6-9,11-12H2,1-3H3. The summed E-state index contributed by atoms with van der Waals surface area (Å²) in [4.78, 5) is 4.81. The van der Waals surface area contributed by atoms with Gasteiger partial charge in [0.15, 0.2) is 0 Å². The zero-order valence-electron chi connectivity index (χ0n) is 12.3. The van der Waals surface area contributed by atoms with Crippen molar-refractivity contribution < 1.29 is 0 Å². The normalized spacial score (nSPS) is 17.7. The molecule has 1 fully saturated rings. The van der Waals surface area contributed by atoms with Crippen molar-refractivity contribution in [2.45, 2.75) is 25.6 Å². The second-order valence-electron chi connectivity index (χ2n) is 5.89. The van der Waals surface area contributed by atoms with Crippen molar-refractivity contribution in [2.75, 3.05) is 38.6 Å². The molecule has 2 nitrogen and oxygen atoms in total. The van der Waals surface area contributed by atoms with Gasteiger partial charge in [-0.15, -0.1) is 11.6 Å². The fraction of sp³-hybridized carbons (Fsp3) is 0.625. The minimum atomic E-state index is 0.592. The van der Waals surface area contributed by atoms with Crippen LogP contribution in [0.15, 0.2) is 18.2 Å². The average molecular weight is 281 g/mol. The predicted octanol–water partition coefficient (Wildman–Crippen LogP) is 3.51. The van der Waals surface area contributed by atoms with E-state index >= 15 is 0 Å². The summed E-state index contributed by atoms with van der Waals surface area (Å²) in [6.07, 6.45) is 2.62. The second-order valence-corrected chi connectivity index (χ2v) is 6.16. The molecule has 2 rings (SSSR count). The SMILES string of the molecule is Cc1ccc(N(C)CC2CCN(C)CC2)c(CCl)c1. The van der Waals surface area contributed by atoms with E-state index < -0.39 is 0 Å². The summed E-state index contributed by atoms with van der Waals surface area (Å²) in [5.41, 5.74) is 3.82. The summed E-state index contributed by atoms with van der Waals surface area (Å²) >= 11 is 6.08. The Kier molecular flexibility index (Phi) is 5.12. The maximum Gasteiger partial charge on any atom is 0.0494 e. The van der Waals surface area contributed by atoms with Gasteiger partial charge in [-0.1, -0.05) is 17.7 Å². The van der Waals surface area contributed by atoms with E-state index in [2.05, 4.69) is 49.0 Å². The highest BCUT2D eigenvalue weighted by molar-refractivity contribution is 6.17. The number of halogens is 1. The summed E-state index contributed by atoms with van der Waals surface area (Å²) in [5, 5.41) is 0. The van der Waals surface area contributed by atoms with Gasteiger partial charge >= 0.3 is 0 Å². The maximum absolute atomic E-state index is 6.08. The molecule has 3 heteroatoms. The fourth-order valence-corrected chi connectivity index (χ4v) is 3.14. The van der Waals surface area contributed by atoms with E-state index in [1.54, 1.807) is 0 Å². The lowest BCUT2D eigenvalue weighted by Gasteiger charge is -2.33. The van der Waals surface area contributed by atoms with Crippen LogP contribution in [0.3, 0.4) is 0 Å². The van der Waals surface area contributed by atoms with Crippen LogP contribution in [0, 0.1) is 12.8 Å². The topological polar surface area (TPSA) is 6.48 Å². The third-order valence-corrected chi connectivity index (χ3v) is 4.45. The van der Waals surface area contributed by atoms with Gasteiger partial charge in [-0.25, -0.2) is 0 Å². The lowest BCUT2D eigenvalue weighted by molar-refractivity contribution is 0.222. The van der Waals surface area contributed by atoms with Gasteiger partial charge in [-0.05, 0) is 57.5 Å². The number of anilines is 1. The summed E-state index contributed by atoms with van der Waals surface area (Å²) in [6.45, 7) is 5.72. The van der Waals surface area contributed by atoms with Crippen LogP contribution in [0.4, 0.5) is 5.69 Å². The molecule has 0 unspecified atom stereocenters. The minimum Gasteiger partial charge on any atom is -0.374 e. The number of hydrogen-bond acceptors (Lipinski definition) is 2. The van der Waals surface area contributed by atoms with Crippen LogP contribution in [0.5, 0.6) is 0 Å². The van der Waals surface area contributed by atoms with Gasteiger partial charge in [0.1, 0.15) is 0 Å². The lowest BCUT2D eigenvalue weighted by Crippen LogP contribution is -2.35. The molecule has 0 amide bonds. The van der Waals surface area contributed by atoms with Gasteiger partial charge in [0.25, 0.3) is 0 Å². The van der Waals surface area contributed by atoms with E-state index in [-0.39, 0.29) is 0 Å². The van der Waals surface area contributed by atoms with Crippen molar-refractivity contribution in [3.63, 3.8) is 0 Å². The summed E-state index contributed by atoms with van der Waals surface area (Å²) < 4.78 is 0. The van der Waals surface area contributed by atoms with Gasteiger partial charge < -0.3 is 9.80 Å². The molecule has 1 aliphatic heterocycles. The zero-order valence-corrected chi connectivity index (χ0v) is 13.1. The third-order valence-electron chi connectivity index (χ3n) is 4.16. The molecule has 19 heavy (non-hydrogen) atoms. The fourth-order valence-electron chi connectivity index (χ4n) is 2.92. The van der Waals surface area contributed by atoms with Gasteiger partial charge in [0.2, 0.25) is 0 Å². The number of alkyl halides is 1. The Labute approximate surface area is 122 Å². The Hall–Kier alpha value is -0.730. The van der Waals surface area contributed by atoms with Gasteiger partial charge in [-0.3, -0.25) is 0 Å². The first-order valence-corrected chi connectivity index (χ1v) is 7.68. The average Bonchev–Trinajstić information content (AvgIpc) is 2.41. The molecule has 1 aromatic carbocycles. The number of benzene rings is 1. The molecule has 106 valence electrons. The maximum atomic E-state index is 6.08. The monoisotopic (exact) mass is 280 g/mol. The summed E-state index contributed by atoms with van der Waals surface area (Å²) in [5.74, 6) is 1.40. The van der Waals surface area contributed by atoms with Crippen molar-refractivity contribution in [3.05, 3.63) is 29.3 Å². The second kappa shape index (κ2) is 6.62. The number of likely N-dealkylation sites (tertiary alicyclic amines) is 1. The molecule has 0 spiro atoms. The summed E-state index contributed by atoms with van der Waals surface area (Å²) in [6, 6.07) is 6.59. The van der Waals surface area contributed by atoms with Crippen molar-refractivity contribution in [3.8, 4) is 0 Å². The lowest BCUT2D eigenvalue weighted by atomic mass is 9.96. The first-order chi connectivity index (χ1) is 9.10. The molecule has 1 saturated heterocycles. The van der Waals surface area contributed by atoms with Crippen LogP contribution in [-0.4, -0.2) is 38.6 Å². The first-order valence-electron chi connectivity index (χ1n) is 7.15. The van der Waals surface area contributed by atoms with E-state index in [1.807, 2.05) is 0 Å². The van der Waals surface area contributed by atoms with E-state index in [0.717, 1.165) is 12.5 Å². The zero-order chi connectivity index (χ0) is 13.8. The van der Waals surface area contributed by atoms with Crippen molar-refractivity contribution in [1.29, 1.82) is 0 Å². The highest BCUT2D eigenvalue weighted by atomic mass is 35.5. The minimum absolute atomic E-state index is 0.592. The Morgan fingerprint density at radius 3 is 2.63 bits per heavy atom.